The number of carbonyl (C=O) groups is 1. The smallest absolute Gasteiger partial charge is 0.153 e. The first kappa shape index (κ1) is 13.2. The van der Waals surface area contributed by atoms with Gasteiger partial charge in [0.25, 0.3) is 0 Å². The van der Waals surface area contributed by atoms with Crippen LogP contribution in [0.25, 0.3) is 17.1 Å². The molecule has 5 heteroatoms. The minimum absolute atomic E-state index is 0.497. The van der Waals surface area contributed by atoms with E-state index in [1.165, 1.54) is 0 Å². The zero-order chi connectivity index (χ0) is 14.8. The van der Waals surface area contributed by atoms with Gasteiger partial charge in [0, 0.05) is 18.6 Å². The molecule has 2 heterocycles. The molecule has 21 heavy (non-hydrogen) atoms. The highest BCUT2D eigenvalue weighted by molar-refractivity contribution is 5.84. The molecule has 0 saturated carbocycles. The van der Waals surface area contributed by atoms with Crippen molar-refractivity contribution in [3.8, 4) is 17.1 Å². The van der Waals surface area contributed by atoms with E-state index in [9.17, 15) is 4.79 Å². The van der Waals surface area contributed by atoms with Gasteiger partial charge in [0.2, 0.25) is 0 Å². The van der Waals surface area contributed by atoms with E-state index in [-0.39, 0.29) is 0 Å². The Morgan fingerprint density at radius 3 is 2.76 bits per heavy atom. The van der Waals surface area contributed by atoms with Gasteiger partial charge in [-0.05, 0) is 31.0 Å². The monoisotopic (exact) mass is 278 g/mol. The van der Waals surface area contributed by atoms with E-state index >= 15 is 0 Å². The van der Waals surface area contributed by atoms with Crippen LogP contribution in [0.4, 0.5) is 0 Å². The molecule has 2 aromatic heterocycles. The second kappa shape index (κ2) is 5.28. The van der Waals surface area contributed by atoms with E-state index in [0.717, 1.165) is 23.1 Å². The van der Waals surface area contributed by atoms with Crippen molar-refractivity contribution in [1.82, 2.24) is 19.7 Å². The standard InChI is InChI=1S/C16H14N4O/c1-11-3-4-12(2)15(7-11)20-9-13(10-21)16(19-20)14-8-17-5-6-18-14/h3-10H,1-2H3. The fourth-order valence-electron chi connectivity index (χ4n) is 2.18. The SMILES string of the molecule is Cc1ccc(C)c(-n2cc(C=O)c(-c3cnccn3)n2)c1. The molecule has 3 rings (SSSR count). The first-order valence-electron chi connectivity index (χ1n) is 6.58. The molecule has 5 nitrogen and oxygen atoms in total. The molecule has 1 aromatic carbocycles. The maximum atomic E-state index is 11.3. The lowest BCUT2D eigenvalue weighted by molar-refractivity contribution is 0.112. The number of rotatable bonds is 3. The number of aldehydes is 1. The van der Waals surface area contributed by atoms with Crippen LogP contribution in [0.2, 0.25) is 0 Å². The largest absolute Gasteiger partial charge is 0.298 e. The molecule has 0 bridgehead atoms. The third-order valence-electron chi connectivity index (χ3n) is 3.29. The zero-order valence-corrected chi connectivity index (χ0v) is 11.8. The van der Waals surface area contributed by atoms with Crippen LogP contribution in [0.1, 0.15) is 21.5 Å². The molecular weight excluding hydrogens is 264 g/mol. The number of carbonyl (C=O) groups excluding carboxylic acids is 1. The number of hydrogen-bond acceptors (Lipinski definition) is 4. The van der Waals surface area contributed by atoms with Crippen LogP contribution in [0.5, 0.6) is 0 Å². The summed E-state index contributed by atoms with van der Waals surface area (Å²) in [6, 6.07) is 6.12. The van der Waals surface area contributed by atoms with Gasteiger partial charge >= 0.3 is 0 Å². The summed E-state index contributed by atoms with van der Waals surface area (Å²) in [4.78, 5) is 19.5. The molecule has 0 spiro atoms. The van der Waals surface area contributed by atoms with Crippen LogP contribution in [-0.2, 0) is 0 Å². The minimum Gasteiger partial charge on any atom is -0.298 e. The normalized spacial score (nSPS) is 10.6. The number of nitrogens with zero attached hydrogens (tertiary/aromatic N) is 4. The van der Waals surface area contributed by atoms with Crippen molar-refractivity contribution < 1.29 is 4.79 Å². The van der Waals surface area contributed by atoms with Crippen LogP contribution in [0.3, 0.4) is 0 Å². The van der Waals surface area contributed by atoms with E-state index in [1.54, 1.807) is 29.5 Å². The van der Waals surface area contributed by atoms with Crippen molar-refractivity contribution in [3.63, 3.8) is 0 Å². The number of aryl methyl sites for hydroxylation is 2. The Labute approximate surface area is 122 Å². The molecular formula is C16H14N4O. The van der Waals surface area contributed by atoms with Crippen LogP contribution in [0, 0.1) is 13.8 Å². The molecule has 0 aliphatic rings. The molecule has 0 atom stereocenters. The van der Waals surface area contributed by atoms with E-state index in [1.807, 2.05) is 32.0 Å². The summed E-state index contributed by atoms with van der Waals surface area (Å²) < 4.78 is 1.72. The molecule has 104 valence electrons. The summed E-state index contributed by atoms with van der Waals surface area (Å²) in [5.74, 6) is 0. The molecule has 0 amide bonds. The van der Waals surface area contributed by atoms with E-state index in [2.05, 4.69) is 15.1 Å². The van der Waals surface area contributed by atoms with Crippen LogP contribution in [-0.4, -0.2) is 26.0 Å². The van der Waals surface area contributed by atoms with Crippen LogP contribution < -0.4 is 0 Å². The van der Waals surface area contributed by atoms with Crippen molar-refractivity contribution in [1.29, 1.82) is 0 Å². The molecule has 0 unspecified atom stereocenters. The van der Waals surface area contributed by atoms with Gasteiger partial charge in [0.15, 0.2) is 6.29 Å². The highest BCUT2D eigenvalue weighted by atomic mass is 16.1. The van der Waals surface area contributed by atoms with Crippen LogP contribution in [0.15, 0.2) is 43.0 Å². The van der Waals surface area contributed by atoms with E-state index in [4.69, 9.17) is 0 Å². The van der Waals surface area contributed by atoms with Crippen molar-refractivity contribution in [2.75, 3.05) is 0 Å². The molecule has 0 saturated heterocycles. The fraction of sp³-hybridized carbons (Fsp3) is 0.125. The van der Waals surface area contributed by atoms with Gasteiger partial charge in [-0.1, -0.05) is 12.1 Å². The van der Waals surface area contributed by atoms with Gasteiger partial charge < -0.3 is 0 Å². The average molecular weight is 278 g/mol. The second-order valence-corrected chi connectivity index (χ2v) is 4.88. The first-order chi connectivity index (χ1) is 10.2. The minimum atomic E-state index is 0.497. The Balaban J connectivity index is 2.16. The summed E-state index contributed by atoms with van der Waals surface area (Å²) in [5, 5.41) is 4.51. The number of hydrogen-bond donors (Lipinski definition) is 0. The summed E-state index contributed by atoms with van der Waals surface area (Å²) in [6.45, 7) is 4.04. The second-order valence-electron chi connectivity index (χ2n) is 4.88. The molecule has 0 aliphatic heterocycles. The quantitative estimate of drug-likeness (QED) is 0.691. The van der Waals surface area contributed by atoms with Gasteiger partial charge in [0.05, 0.1) is 17.4 Å². The van der Waals surface area contributed by atoms with Crippen molar-refractivity contribution >= 4 is 6.29 Å². The van der Waals surface area contributed by atoms with Crippen molar-refractivity contribution in [3.05, 3.63) is 59.7 Å². The summed E-state index contributed by atoms with van der Waals surface area (Å²) in [6.07, 6.45) is 7.28. The van der Waals surface area contributed by atoms with Gasteiger partial charge in [0.1, 0.15) is 11.4 Å². The Hall–Kier alpha value is -2.82. The number of benzene rings is 1. The topological polar surface area (TPSA) is 60.7 Å². The van der Waals surface area contributed by atoms with Crippen molar-refractivity contribution in [2.45, 2.75) is 13.8 Å². The Morgan fingerprint density at radius 1 is 1.19 bits per heavy atom. The predicted molar refractivity (Wildman–Crippen MR) is 79.5 cm³/mol. The van der Waals surface area contributed by atoms with Crippen LogP contribution >= 0.6 is 0 Å². The third-order valence-corrected chi connectivity index (χ3v) is 3.29. The highest BCUT2D eigenvalue weighted by Gasteiger charge is 2.13. The first-order valence-corrected chi connectivity index (χ1v) is 6.58. The third kappa shape index (κ3) is 2.45. The molecule has 0 aliphatic carbocycles. The fourth-order valence-corrected chi connectivity index (χ4v) is 2.18. The Bertz CT molecular complexity index is 793. The summed E-state index contributed by atoms with van der Waals surface area (Å²) in [5.41, 5.74) is 4.80. The summed E-state index contributed by atoms with van der Waals surface area (Å²) >= 11 is 0. The van der Waals surface area contributed by atoms with Crippen molar-refractivity contribution in [2.24, 2.45) is 0 Å². The molecule has 3 aromatic rings. The van der Waals surface area contributed by atoms with E-state index in [0.29, 0.717) is 17.0 Å². The highest BCUT2D eigenvalue weighted by Crippen LogP contribution is 2.22. The van der Waals surface area contributed by atoms with Gasteiger partial charge in [-0.3, -0.25) is 14.8 Å². The Kier molecular flexibility index (Phi) is 3.31. The van der Waals surface area contributed by atoms with Gasteiger partial charge in [-0.15, -0.1) is 0 Å². The van der Waals surface area contributed by atoms with Gasteiger partial charge in [-0.25, -0.2) is 4.68 Å². The summed E-state index contributed by atoms with van der Waals surface area (Å²) in [7, 11) is 0. The lowest BCUT2D eigenvalue weighted by atomic mass is 10.1. The van der Waals surface area contributed by atoms with E-state index < -0.39 is 0 Å². The number of aromatic nitrogens is 4. The molecule has 0 radical (unpaired) electrons. The lowest BCUT2D eigenvalue weighted by Gasteiger charge is -2.06. The lowest BCUT2D eigenvalue weighted by Crippen LogP contribution is -1.98. The van der Waals surface area contributed by atoms with Gasteiger partial charge in [-0.2, -0.15) is 5.10 Å². The Morgan fingerprint density at radius 2 is 2.05 bits per heavy atom. The zero-order valence-electron chi connectivity index (χ0n) is 11.8. The molecule has 0 N–H and O–H groups in total. The maximum absolute atomic E-state index is 11.3. The average Bonchev–Trinajstić information content (AvgIpc) is 2.94. The maximum Gasteiger partial charge on any atom is 0.153 e. The molecule has 0 fully saturated rings. The predicted octanol–water partition coefficient (Wildman–Crippen LogP) is 2.76.